The molecule has 4 heteroatoms. The van der Waals surface area contributed by atoms with Gasteiger partial charge in [0.25, 0.3) is 0 Å². The molecule has 0 amide bonds. The van der Waals surface area contributed by atoms with Crippen molar-refractivity contribution < 1.29 is 9.53 Å². The van der Waals surface area contributed by atoms with E-state index in [0.29, 0.717) is 13.0 Å². The number of methoxy groups -OCH3 is 1. The van der Waals surface area contributed by atoms with Crippen molar-refractivity contribution in [2.45, 2.75) is 12.8 Å². The number of rotatable bonds is 4. The second kappa shape index (κ2) is 7.26. The predicted molar refractivity (Wildman–Crippen MR) is 62.2 cm³/mol. The Labute approximate surface area is 96.0 Å². The molecule has 0 aliphatic rings. The zero-order valence-electron chi connectivity index (χ0n) is 8.73. The van der Waals surface area contributed by atoms with Crippen LogP contribution in [0.1, 0.15) is 11.1 Å². The zero-order chi connectivity index (χ0) is 10.4. The number of carbonyl (C=O) groups is 1. The first-order valence-electron chi connectivity index (χ1n) is 4.61. The average Bonchev–Trinajstić information content (AvgIpc) is 2.21. The Morgan fingerprint density at radius 3 is 2.27 bits per heavy atom. The number of nitrogens with two attached hydrogens (primary N) is 1. The van der Waals surface area contributed by atoms with E-state index in [9.17, 15) is 4.79 Å². The summed E-state index contributed by atoms with van der Waals surface area (Å²) in [6.07, 6.45) is 1.21. The van der Waals surface area contributed by atoms with Gasteiger partial charge in [0.05, 0.1) is 13.5 Å². The molecule has 0 heterocycles. The Morgan fingerprint density at radius 1 is 1.27 bits per heavy atom. The van der Waals surface area contributed by atoms with Gasteiger partial charge in [0, 0.05) is 0 Å². The molecular weight excluding hydrogens is 214 g/mol. The van der Waals surface area contributed by atoms with E-state index in [1.165, 1.54) is 12.7 Å². The fourth-order valence-electron chi connectivity index (χ4n) is 1.23. The molecule has 0 spiro atoms. The summed E-state index contributed by atoms with van der Waals surface area (Å²) in [7, 11) is 1.39. The van der Waals surface area contributed by atoms with Crippen LogP contribution in [0.4, 0.5) is 0 Å². The molecule has 3 nitrogen and oxygen atoms in total. The topological polar surface area (TPSA) is 52.3 Å². The van der Waals surface area contributed by atoms with Crippen LogP contribution in [-0.2, 0) is 22.4 Å². The Morgan fingerprint density at radius 2 is 1.80 bits per heavy atom. The maximum Gasteiger partial charge on any atom is 0.309 e. The van der Waals surface area contributed by atoms with Gasteiger partial charge in [-0.05, 0) is 24.1 Å². The van der Waals surface area contributed by atoms with Crippen LogP contribution >= 0.6 is 12.4 Å². The van der Waals surface area contributed by atoms with Gasteiger partial charge in [0.1, 0.15) is 0 Å². The van der Waals surface area contributed by atoms with Gasteiger partial charge in [0.2, 0.25) is 0 Å². The van der Waals surface area contributed by atoms with Crippen molar-refractivity contribution in [3.05, 3.63) is 35.4 Å². The molecule has 1 aromatic carbocycles. The normalized spacial score (nSPS) is 9.20. The van der Waals surface area contributed by atoms with Crippen LogP contribution < -0.4 is 5.73 Å². The highest BCUT2D eigenvalue weighted by Crippen LogP contribution is 2.05. The number of hydrogen-bond acceptors (Lipinski definition) is 3. The van der Waals surface area contributed by atoms with Crippen LogP contribution in [0.25, 0.3) is 0 Å². The molecule has 0 unspecified atom stereocenters. The second-order valence-electron chi connectivity index (χ2n) is 3.11. The molecule has 0 saturated heterocycles. The SMILES string of the molecule is COC(=O)Cc1ccc(CCN)cc1.Cl. The minimum absolute atomic E-state index is 0. The molecule has 0 fully saturated rings. The first-order valence-corrected chi connectivity index (χ1v) is 4.61. The van der Waals surface area contributed by atoms with E-state index in [4.69, 9.17) is 5.73 Å². The maximum absolute atomic E-state index is 10.9. The van der Waals surface area contributed by atoms with Gasteiger partial charge < -0.3 is 10.5 Å². The van der Waals surface area contributed by atoms with Gasteiger partial charge >= 0.3 is 5.97 Å². The highest BCUT2D eigenvalue weighted by atomic mass is 35.5. The number of ether oxygens (including phenoxy) is 1. The largest absolute Gasteiger partial charge is 0.469 e. The third kappa shape index (κ3) is 4.81. The van der Waals surface area contributed by atoms with E-state index in [0.717, 1.165) is 12.0 Å². The van der Waals surface area contributed by atoms with E-state index in [1.807, 2.05) is 24.3 Å². The van der Waals surface area contributed by atoms with Gasteiger partial charge in [-0.1, -0.05) is 24.3 Å². The van der Waals surface area contributed by atoms with Crippen LogP contribution in [0.3, 0.4) is 0 Å². The summed E-state index contributed by atoms with van der Waals surface area (Å²) in [5.41, 5.74) is 7.59. The standard InChI is InChI=1S/C11H15NO2.ClH/c1-14-11(13)8-10-4-2-9(3-5-10)6-7-12;/h2-5H,6-8,12H2,1H3;1H. The molecule has 0 bridgehead atoms. The molecule has 2 N–H and O–H groups in total. The van der Waals surface area contributed by atoms with Crippen molar-refractivity contribution >= 4 is 18.4 Å². The van der Waals surface area contributed by atoms with E-state index >= 15 is 0 Å². The zero-order valence-corrected chi connectivity index (χ0v) is 9.55. The lowest BCUT2D eigenvalue weighted by Crippen LogP contribution is -2.05. The maximum atomic E-state index is 10.9. The molecule has 0 atom stereocenters. The van der Waals surface area contributed by atoms with Gasteiger partial charge in [-0.25, -0.2) is 0 Å². The van der Waals surface area contributed by atoms with Crippen LogP contribution in [-0.4, -0.2) is 19.6 Å². The summed E-state index contributed by atoms with van der Waals surface area (Å²) in [6, 6.07) is 7.85. The minimum Gasteiger partial charge on any atom is -0.469 e. The van der Waals surface area contributed by atoms with Crippen molar-refractivity contribution in [2.75, 3.05) is 13.7 Å². The number of benzene rings is 1. The summed E-state index contributed by atoms with van der Waals surface area (Å²) >= 11 is 0. The van der Waals surface area contributed by atoms with E-state index in [1.54, 1.807) is 0 Å². The quantitative estimate of drug-likeness (QED) is 0.793. The van der Waals surface area contributed by atoms with E-state index in [-0.39, 0.29) is 18.4 Å². The Kier molecular flexibility index (Phi) is 6.75. The van der Waals surface area contributed by atoms with Crippen LogP contribution in [0.2, 0.25) is 0 Å². The average molecular weight is 230 g/mol. The van der Waals surface area contributed by atoms with Crippen LogP contribution in [0, 0.1) is 0 Å². The number of halogens is 1. The van der Waals surface area contributed by atoms with E-state index < -0.39 is 0 Å². The summed E-state index contributed by atoms with van der Waals surface area (Å²) in [5, 5.41) is 0. The van der Waals surface area contributed by atoms with Crippen molar-refractivity contribution in [3.8, 4) is 0 Å². The van der Waals surface area contributed by atoms with Crippen molar-refractivity contribution in [3.63, 3.8) is 0 Å². The van der Waals surface area contributed by atoms with Gasteiger partial charge in [-0.15, -0.1) is 12.4 Å². The lowest BCUT2D eigenvalue weighted by Gasteiger charge is -2.02. The lowest BCUT2D eigenvalue weighted by atomic mass is 10.1. The van der Waals surface area contributed by atoms with Gasteiger partial charge in [0.15, 0.2) is 0 Å². The number of carbonyl (C=O) groups excluding carboxylic acids is 1. The first-order chi connectivity index (χ1) is 6.76. The summed E-state index contributed by atoms with van der Waals surface area (Å²) in [6.45, 7) is 0.649. The molecular formula is C11H16ClNO2. The molecule has 0 saturated carbocycles. The molecule has 1 rings (SSSR count). The van der Waals surface area contributed by atoms with Gasteiger partial charge in [-0.3, -0.25) is 4.79 Å². The number of hydrogen-bond donors (Lipinski definition) is 1. The molecule has 0 aliphatic heterocycles. The summed E-state index contributed by atoms with van der Waals surface area (Å²) < 4.78 is 4.57. The smallest absolute Gasteiger partial charge is 0.309 e. The Balaban J connectivity index is 0.00000196. The first kappa shape index (κ1) is 13.9. The lowest BCUT2D eigenvalue weighted by molar-refractivity contribution is -0.139. The third-order valence-corrected chi connectivity index (χ3v) is 2.03. The molecule has 0 radical (unpaired) electrons. The van der Waals surface area contributed by atoms with Crippen molar-refractivity contribution in [1.29, 1.82) is 0 Å². The third-order valence-electron chi connectivity index (χ3n) is 2.03. The molecule has 0 aromatic heterocycles. The van der Waals surface area contributed by atoms with Crippen LogP contribution in [0.15, 0.2) is 24.3 Å². The van der Waals surface area contributed by atoms with E-state index in [2.05, 4.69) is 4.74 Å². The fourth-order valence-corrected chi connectivity index (χ4v) is 1.23. The highest BCUT2D eigenvalue weighted by molar-refractivity contribution is 5.85. The molecule has 0 aliphatic carbocycles. The van der Waals surface area contributed by atoms with Crippen LogP contribution in [0.5, 0.6) is 0 Å². The monoisotopic (exact) mass is 229 g/mol. The number of esters is 1. The second-order valence-corrected chi connectivity index (χ2v) is 3.11. The Hall–Kier alpha value is -1.06. The fraction of sp³-hybridized carbons (Fsp3) is 0.364. The molecule has 84 valence electrons. The summed E-state index contributed by atoms with van der Waals surface area (Å²) in [4.78, 5) is 10.9. The highest BCUT2D eigenvalue weighted by Gasteiger charge is 2.01. The molecule has 15 heavy (non-hydrogen) atoms. The molecule has 1 aromatic rings. The van der Waals surface area contributed by atoms with Crippen molar-refractivity contribution in [1.82, 2.24) is 0 Å². The van der Waals surface area contributed by atoms with Crippen molar-refractivity contribution in [2.24, 2.45) is 5.73 Å². The summed E-state index contributed by atoms with van der Waals surface area (Å²) in [5.74, 6) is -0.212. The Bertz CT molecular complexity index is 298. The minimum atomic E-state index is -0.212. The van der Waals surface area contributed by atoms with Gasteiger partial charge in [-0.2, -0.15) is 0 Å². The predicted octanol–water partition coefficient (Wildman–Crippen LogP) is 1.33.